The molecule has 7 aromatic rings. The van der Waals surface area contributed by atoms with E-state index in [2.05, 4.69) is 23.6 Å². The summed E-state index contributed by atoms with van der Waals surface area (Å²) in [5, 5.41) is 3.82. The number of H-pyrrole nitrogens is 2. The topological polar surface area (TPSA) is 109 Å². The van der Waals surface area contributed by atoms with Gasteiger partial charge in [0.05, 0.1) is 0 Å². The Hall–Kier alpha value is -4.66. The largest absolute Gasteiger partial charge is 0.324 e. The first-order chi connectivity index (χ1) is 20.8. The number of benzene rings is 4. The van der Waals surface area contributed by atoms with Crippen LogP contribution in [0.25, 0.3) is 89.7 Å². The van der Waals surface area contributed by atoms with E-state index >= 15 is 0 Å². The third kappa shape index (κ3) is 3.90. The molecule has 4 aromatic carbocycles. The van der Waals surface area contributed by atoms with Crippen molar-refractivity contribution < 1.29 is 16.3 Å². The number of halogens is 1. The summed E-state index contributed by atoms with van der Waals surface area (Å²) in [5.41, 5.74) is 6.45. The molecular weight excluding hydrogens is 642 g/mol. The maximum absolute atomic E-state index is 5.02. The van der Waals surface area contributed by atoms with Gasteiger partial charge in [0.25, 0.3) is 0 Å². The summed E-state index contributed by atoms with van der Waals surface area (Å²) in [6.07, 6.45) is 0. The van der Waals surface area contributed by atoms with Crippen LogP contribution in [0.2, 0.25) is 0 Å². The van der Waals surface area contributed by atoms with E-state index in [0.717, 1.165) is 43.8 Å². The Labute approximate surface area is 255 Å². The molecule has 195 valence electrons. The van der Waals surface area contributed by atoms with E-state index in [9.17, 15) is 0 Å². The summed E-state index contributed by atoms with van der Waals surface area (Å²) in [6, 6.07) is 32.2. The monoisotopic (exact) mass is 657 g/mol. The molecule has 0 fully saturated rings. The molecule has 0 saturated heterocycles. The molecule has 0 radical (unpaired) electrons. The van der Waals surface area contributed by atoms with Gasteiger partial charge in [0.15, 0.2) is 23.3 Å². The van der Waals surface area contributed by atoms with Crippen molar-refractivity contribution in [1.29, 1.82) is 0 Å². The van der Waals surface area contributed by atoms with E-state index in [0.29, 0.717) is 45.9 Å². The molecule has 0 unspecified atom stereocenters. The van der Waals surface area contributed by atoms with Crippen LogP contribution in [0.15, 0.2) is 97.1 Å². The third-order valence-electron chi connectivity index (χ3n) is 7.46. The Morgan fingerprint density at radius 3 is 0.857 bits per heavy atom. The Bertz CT molecular complexity index is 2040. The van der Waals surface area contributed by atoms with Crippen molar-refractivity contribution in [2.24, 2.45) is 0 Å². The molecule has 0 aliphatic carbocycles. The zero-order chi connectivity index (χ0) is 28.2. The number of rotatable bonds is 0. The summed E-state index contributed by atoms with van der Waals surface area (Å²) < 4.78 is 0. The number of nitrogens with one attached hydrogen (secondary N) is 2. The number of hydrogen-bond donors (Lipinski definition) is 2. The Morgan fingerprint density at radius 1 is 0.357 bits per heavy atom. The standard InChI is InChI=1S/C32H18N8.BrH.Zn/c1-2-10-18-17(9-1)25-33-26(18)38-28-21-13-5-6-14-22(21)30(35-28)40-32-24-16-8-7-15-23(24)31(36-32)39-29-20-12-4-3-11-19(20)27(34-29)37-25;;/h1-16H,(H2,33,34,35,36,37,38,39,40);1H;/q;;+1/p-1. The molecule has 42 heavy (non-hydrogen) atoms. The van der Waals surface area contributed by atoms with Gasteiger partial charge in [-0.05, 0) is 0 Å². The minimum atomic E-state index is 0.597. The average molecular weight is 660 g/mol. The van der Waals surface area contributed by atoms with E-state index in [4.69, 9.17) is 29.9 Å². The first kappa shape index (κ1) is 25.1. The maximum atomic E-state index is 5.02. The number of aromatic nitrogens is 8. The van der Waals surface area contributed by atoms with Crippen LogP contribution in [0.4, 0.5) is 0 Å². The van der Waals surface area contributed by atoms with Crippen molar-refractivity contribution >= 4 is 57.8 Å². The predicted octanol–water partition coefficient (Wildman–Crippen LogP) is 7.71. The zero-order valence-electron chi connectivity index (χ0n) is 22.0. The van der Waals surface area contributed by atoms with Crippen molar-refractivity contribution in [3.63, 3.8) is 0 Å². The molecule has 3 aromatic heterocycles. The average Bonchev–Trinajstić information content (AvgIpc) is 3.78. The third-order valence-corrected chi connectivity index (χ3v) is 7.46. The fourth-order valence-corrected chi connectivity index (χ4v) is 5.59. The van der Waals surface area contributed by atoms with E-state index < -0.39 is 0 Å². The Morgan fingerprint density at radius 2 is 0.595 bits per heavy atom. The molecule has 10 heteroatoms. The minimum Gasteiger partial charge on any atom is -0.324 e. The number of hydrogen-bond acceptors (Lipinski definition) is 6. The Kier molecular flexibility index (Phi) is 5.98. The summed E-state index contributed by atoms with van der Waals surface area (Å²) in [4.78, 5) is 36.8. The van der Waals surface area contributed by atoms with E-state index in [1.807, 2.05) is 97.1 Å². The smallest absolute Gasteiger partial charge is 0.164 e. The molecule has 0 amide bonds. The van der Waals surface area contributed by atoms with Gasteiger partial charge < -0.3 is 9.97 Å². The maximum Gasteiger partial charge on any atom is 0.164 e. The molecule has 0 saturated carbocycles. The first-order valence-corrected chi connectivity index (χ1v) is 20.2. The SMILES string of the molecule is [Zn][Br].c1ccc2c(c1)-c1nc-2nc2[nH]c(nc3nc(nc4[nH]c(n1)c1ccccc41)-c1ccccc1-3)c1ccccc21. The van der Waals surface area contributed by atoms with Gasteiger partial charge >= 0.3 is 30.0 Å². The molecule has 9 rings (SSSR count). The van der Waals surface area contributed by atoms with Gasteiger partial charge in [-0.25, -0.2) is 29.9 Å². The fourth-order valence-electron chi connectivity index (χ4n) is 5.59. The molecule has 8 bridgehead atoms. The van der Waals surface area contributed by atoms with Crippen LogP contribution in [0, 0.1) is 0 Å². The van der Waals surface area contributed by atoms with Crippen molar-refractivity contribution in [1.82, 2.24) is 39.9 Å². The molecule has 2 aliphatic rings. The van der Waals surface area contributed by atoms with E-state index in [-0.39, 0.29) is 0 Å². The molecule has 0 atom stereocenters. The normalized spacial score (nSPS) is 11.6. The molecule has 8 nitrogen and oxygen atoms in total. The van der Waals surface area contributed by atoms with Crippen LogP contribution >= 0.6 is 13.6 Å². The molecule has 2 aliphatic heterocycles. The van der Waals surface area contributed by atoms with Crippen LogP contribution in [-0.4, -0.2) is 39.9 Å². The fraction of sp³-hybridized carbons (Fsp3) is 0. The summed E-state index contributed by atoms with van der Waals surface area (Å²) in [6.45, 7) is 0. The second-order valence-electron chi connectivity index (χ2n) is 9.79. The van der Waals surface area contributed by atoms with E-state index in [1.165, 1.54) is 16.3 Å². The minimum absolute atomic E-state index is 0.597. The Balaban J connectivity index is 0.00000131. The van der Waals surface area contributed by atoms with Gasteiger partial charge in [0.2, 0.25) is 0 Å². The zero-order valence-corrected chi connectivity index (χ0v) is 26.6. The van der Waals surface area contributed by atoms with Gasteiger partial charge in [0, 0.05) is 43.8 Å². The molecule has 5 heterocycles. The predicted molar refractivity (Wildman–Crippen MR) is 165 cm³/mol. The van der Waals surface area contributed by atoms with Crippen LogP contribution in [0.1, 0.15) is 0 Å². The second kappa shape index (κ2) is 10.0. The van der Waals surface area contributed by atoms with Crippen LogP contribution < -0.4 is 0 Å². The van der Waals surface area contributed by atoms with E-state index in [1.54, 1.807) is 0 Å². The molecule has 2 N–H and O–H groups in total. The quantitative estimate of drug-likeness (QED) is 0.162. The van der Waals surface area contributed by atoms with Crippen molar-refractivity contribution in [3.05, 3.63) is 97.1 Å². The van der Waals surface area contributed by atoms with Crippen molar-refractivity contribution in [2.75, 3.05) is 0 Å². The summed E-state index contributed by atoms with van der Waals surface area (Å²) >= 11 is 4.25. The number of nitrogens with zero attached hydrogens (tertiary/aromatic N) is 6. The first-order valence-electron chi connectivity index (χ1n) is 13.3. The molecular formula is C32H18BrN8Zn. The van der Waals surface area contributed by atoms with Gasteiger partial charge in [-0.3, -0.25) is 0 Å². The van der Waals surface area contributed by atoms with Gasteiger partial charge in [-0.15, -0.1) is 0 Å². The summed E-state index contributed by atoms with van der Waals surface area (Å²) in [5.74, 6) is 2.39. The van der Waals surface area contributed by atoms with Crippen LogP contribution in [0.5, 0.6) is 0 Å². The van der Waals surface area contributed by atoms with Gasteiger partial charge in [-0.2, -0.15) is 0 Å². The van der Waals surface area contributed by atoms with Crippen molar-refractivity contribution in [2.45, 2.75) is 0 Å². The summed E-state index contributed by atoms with van der Waals surface area (Å²) in [7, 11) is 0. The van der Waals surface area contributed by atoms with Crippen LogP contribution in [0.3, 0.4) is 0 Å². The number of aromatic amines is 2. The second-order valence-corrected chi connectivity index (χ2v) is 9.79. The van der Waals surface area contributed by atoms with Gasteiger partial charge in [-0.1, -0.05) is 97.1 Å². The van der Waals surface area contributed by atoms with Crippen molar-refractivity contribution in [3.8, 4) is 45.6 Å². The number of fused-ring (bicyclic) bond motifs is 20. The molecule has 0 spiro atoms. The van der Waals surface area contributed by atoms with Crippen LogP contribution in [-0.2, 0) is 16.3 Å². The van der Waals surface area contributed by atoms with Gasteiger partial charge in [0.1, 0.15) is 22.6 Å².